The smallest absolute Gasteiger partial charge is 0.233 e. The fourth-order valence-corrected chi connectivity index (χ4v) is 6.82. The normalized spacial score (nSPS) is 17.5. The third-order valence-corrected chi connectivity index (χ3v) is 8.96. The number of fused-ring (bicyclic) bond motifs is 1. The molecule has 0 N–H and O–H groups in total. The molecule has 4 rings (SSSR count). The van der Waals surface area contributed by atoms with Crippen molar-refractivity contribution >= 4 is 49.1 Å². The van der Waals surface area contributed by atoms with E-state index in [1.54, 1.807) is 46.6 Å². The Balaban J connectivity index is 1.38. The Kier molecular flexibility index (Phi) is 5.21. The molecule has 1 atom stereocenters. The highest BCUT2D eigenvalue weighted by Crippen LogP contribution is 2.30. The average Bonchev–Trinajstić information content (AvgIpc) is 3.34. The van der Waals surface area contributed by atoms with Crippen molar-refractivity contribution in [1.29, 1.82) is 0 Å². The fraction of sp³-hybridized carbons (Fsp3) is 0.263. The van der Waals surface area contributed by atoms with Gasteiger partial charge >= 0.3 is 0 Å². The molecule has 5 nitrogen and oxygen atoms in total. The van der Waals surface area contributed by atoms with E-state index in [0.29, 0.717) is 17.9 Å². The van der Waals surface area contributed by atoms with Gasteiger partial charge in [0.15, 0.2) is 14.2 Å². The molecule has 3 aromatic rings. The Morgan fingerprint density at radius 1 is 1.15 bits per heavy atom. The number of carbonyl (C=O) groups is 1. The van der Waals surface area contributed by atoms with Gasteiger partial charge in [0, 0.05) is 13.1 Å². The number of thiazole rings is 1. The standard InChI is InChI=1S/C19H18N2O3S3/c22-18(13-25-19-20-16-8-4-5-9-17(16)26-19)21-11-10-15(12-21)27(23,24)14-6-2-1-3-7-14/h1-9,15H,10-13H2. The van der Waals surface area contributed by atoms with E-state index in [-0.39, 0.29) is 18.2 Å². The van der Waals surface area contributed by atoms with Gasteiger partial charge in [0.25, 0.3) is 0 Å². The van der Waals surface area contributed by atoms with Crippen LogP contribution in [0.1, 0.15) is 6.42 Å². The van der Waals surface area contributed by atoms with Gasteiger partial charge in [-0.2, -0.15) is 0 Å². The summed E-state index contributed by atoms with van der Waals surface area (Å²) in [6.07, 6.45) is 0.481. The number of rotatable bonds is 5. The van der Waals surface area contributed by atoms with E-state index in [1.165, 1.54) is 11.8 Å². The molecule has 1 aliphatic rings. The lowest BCUT2D eigenvalue weighted by Crippen LogP contribution is -2.33. The van der Waals surface area contributed by atoms with Crippen LogP contribution in [0.3, 0.4) is 0 Å². The van der Waals surface area contributed by atoms with Crippen LogP contribution in [-0.2, 0) is 14.6 Å². The van der Waals surface area contributed by atoms with Crippen molar-refractivity contribution in [3.63, 3.8) is 0 Å². The summed E-state index contributed by atoms with van der Waals surface area (Å²) in [4.78, 5) is 19.0. The Labute approximate surface area is 166 Å². The third-order valence-electron chi connectivity index (χ3n) is 4.60. The van der Waals surface area contributed by atoms with Gasteiger partial charge in [0.2, 0.25) is 5.91 Å². The number of nitrogens with zero attached hydrogens (tertiary/aromatic N) is 2. The van der Waals surface area contributed by atoms with Gasteiger partial charge in [-0.3, -0.25) is 4.79 Å². The van der Waals surface area contributed by atoms with Gasteiger partial charge in [-0.1, -0.05) is 42.1 Å². The molecule has 0 radical (unpaired) electrons. The summed E-state index contributed by atoms with van der Waals surface area (Å²) >= 11 is 2.98. The molecule has 1 fully saturated rings. The number of sulfone groups is 1. The third kappa shape index (κ3) is 3.88. The summed E-state index contributed by atoms with van der Waals surface area (Å²) in [5, 5.41) is -0.531. The van der Waals surface area contributed by atoms with Gasteiger partial charge in [-0.05, 0) is 30.7 Å². The number of likely N-dealkylation sites (tertiary alicyclic amines) is 1. The highest BCUT2D eigenvalue weighted by Gasteiger charge is 2.35. The van der Waals surface area contributed by atoms with Crippen LogP contribution in [0.15, 0.2) is 63.8 Å². The highest BCUT2D eigenvalue weighted by molar-refractivity contribution is 8.01. The molecular weight excluding hydrogens is 400 g/mol. The van der Waals surface area contributed by atoms with E-state index in [1.807, 2.05) is 24.3 Å². The number of aromatic nitrogens is 1. The van der Waals surface area contributed by atoms with Crippen LogP contribution in [0.5, 0.6) is 0 Å². The van der Waals surface area contributed by atoms with E-state index >= 15 is 0 Å². The Bertz CT molecular complexity index is 1030. The first-order valence-electron chi connectivity index (χ1n) is 8.59. The highest BCUT2D eigenvalue weighted by atomic mass is 32.2. The number of hydrogen-bond donors (Lipinski definition) is 0. The zero-order valence-electron chi connectivity index (χ0n) is 14.4. The van der Waals surface area contributed by atoms with Crippen molar-refractivity contribution < 1.29 is 13.2 Å². The van der Waals surface area contributed by atoms with Crippen LogP contribution in [0, 0.1) is 0 Å². The number of hydrogen-bond acceptors (Lipinski definition) is 6. The predicted molar refractivity (Wildman–Crippen MR) is 109 cm³/mol. The number of thioether (sulfide) groups is 1. The predicted octanol–water partition coefficient (Wildman–Crippen LogP) is 3.46. The molecule has 140 valence electrons. The Hall–Kier alpha value is -1.90. The minimum absolute atomic E-state index is 0.0370. The molecule has 8 heteroatoms. The molecule has 0 aliphatic carbocycles. The maximum Gasteiger partial charge on any atom is 0.233 e. The second-order valence-electron chi connectivity index (χ2n) is 6.34. The summed E-state index contributed by atoms with van der Waals surface area (Å²) in [6, 6.07) is 16.3. The van der Waals surface area contributed by atoms with Gasteiger partial charge in [0.05, 0.1) is 26.1 Å². The number of benzene rings is 2. The molecular formula is C19H18N2O3S3. The van der Waals surface area contributed by atoms with Crippen LogP contribution in [0.4, 0.5) is 0 Å². The second kappa shape index (κ2) is 7.61. The number of para-hydroxylation sites is 1. The topological polar surface area (TPSA) is 67.3 Å². The monoisotopic (exact) mass is 418 g/mol. The van der Waals surface area contributed by atoms with Gasteiger partial charge in [-0.15, -0.1) is 11.3 Å². The van der Waals surface area contributed by atoms with Crippen LogP contribution in [0.25, 0.3) is 10.2 Å². The minimum atomic E-state index is -3.40. The zero-order chi connectivity index (χ0) is 18.9. The van der Waals surface area contributed by atoms with Gasteiger partial charge < -0.3 is 4.90 Å². The van der Waals surface area contributed by atoms with E-state index in [0.717, 1.165) is 14.6 Å². The van der Waals surface area contributed by atoms with Gasteiger partial charge in [-0.25, -0.2) is 13.4 Å². The molecule has 2 heterocycles. The molecule has 0 spiro atoms. The molecule has 1 aromatic heterocycles. The summed E-state index contributed by atoms with van der Waals surface area (Å²) in [7, 11) is -3.40. The summed E-state index contributed by atoms with van der Waals surface area (Å²) in [5.74, 6) is 0.239. The van der Waals surface area contributed by atoms with E-state index in [9.17, 15) is 13.2 Å². The van der Waals surface area contributed by atoms with Crippen LogP contribution < -0.4 is 0 Å². The van der Waals surface area contributed by atoms with E-state index in [4.69, 9.17) is 0 Å². The first kappa shape index (κ1) is 18.5. The SMILES string of the molecule is O=C(CSc1nc2ccccc2s1)N1CCC(S(=O)(=O)c2ccccc2)C1. The van der Waals surface area contributed by atoms with E-state index in [2.05, 4.69) is 4.98 Å². The van der Waals surface area contributed by atoms with Crippen LogP contribution in [-0.4, -0.2) is 48.3 Å². The minimum Gasteiger partial charge on any atom is -0.341 e. The van der Waals surface area contributed by atoms with Crippen LogP contribution >= 0.6 is 23.1 Å². The van der Waals surface area contributed by atoms with Crippen LogP contribution in [0.2, 0.25) is 0 Å². The zero-order valence-corrected chi connectivity index (χ0v) is 16.9. The first-order valence-corrected chi connectivity index (χ1v) is 11.9. The first-order chi connectivity index (χ1) is 13.0. The fourth-order valence-electron chi connectivity index (χ4n) is 3.14. The van der Waals surface area contributed by atoms with Crippen molar-refractivity contribution in [3.8, 4) is 0 Å². The second-order valence-corrected chi connectivity index (χ2v) is 10.8. The van der Waals surface area contributed by atoms with Gasteiger partial charge in [0.1, 0.15) is 0 Å². The van der Waals surface area contributed by atoms with Crippen molar-refractivity contribution in [3.05, 3.63) is 54.6 Å². The summed E-state index contributed by atoms with van der Waals surface area (Å²) in [5.41, 5.74) is 0.938. The van der Waals surface area contributed by atoms with Crippen molar-refractivity contribution in [1.82, 2.24) is 9.88 Å². The molecule has 2 aromatic carbocycles. The molecule has 1 unspecified atom stereocenters. The molecule has 0 saturated carbocycles. The Morgan fingerprint density at radius 3 is 2.67 bits per heavy atom. The lowest BCUT2D eigenvalue weighted by molar-refractivity contribution is -0.127. The largest absolute Gasteiger partial charge is 0.341 e. The molecule has 0 bridgehead atoms. The quantitative estimate of drug-likeness (QED) is 0.594. The number of amides is 1. The summed E-state index contributed by atoms with van der Waals surface area (Å²) < 4.78 is 27.4. The number of carbonyl (C=O) groups excluding carboxylic acids is 1. The van der Waals surface area contributed by atoms with Crippen molar-refractivity contribution in [2.45, 2.75) is 20.9 Å². The molecule has 1 amide bonds. The summed E-state index contributed by atoms with van der Waals surface area (Å²) in [6.45, 7) is 0.742. The molecule has 1 saturated heterocycles. The maximum absolute atomic E-state index is 12.7. The maximum atomic E-state index is 12.7. The average molecular weight is 419 g/mol. The van der Waals surface area contributed by atoms with Crippen molar-refractivity contribution in [2.24, 2.45) is 0 Å². The van der Waals surface area contributed by atoms with Crippen molar-refractivity contribution in [2.75, 3.05) is 18.8 Å². The molecule has 1 aliphatic heterocycles. The lowest BCUT2D eigenvalue weighted by Gasteiger charge is -2.16. The molecule has 27 heavy (non-hydrogen) atoms. The Morgan fingerprint density at radius 2 is 1.89 bits per heavy atom. The van der Waals surface area contributed by atoms with E-state index < -0.39 is 15.1 Å². The lowest BCUT2D eigenvalue weighted by atomic mass is 10.3.